The molecule has 0 heterocycles. The number of nitro groups is 1. The van der Waals surface area contributed by atoms with Crippen molar-refractivity contribution < 1.29 is 19.9 Å². The maximum absolute atomic E-state index is 10.5. The number of benzene rings is 1. The SMILES string of the molecule is COCC(CCO)NCC(O)c1ccc([N+](=O)[O-])cc1. The van der Waals surface area contributed by atoms with Crippen LogP contribution in [0.3, 0.4) is 0 Å². The molecule has 0 radical (unpaired) electrons. The minimum Gasteiger partial charge on any atom is -0.396 e. The zero-order valence-corrected chi connectivity index (χ0v) is 11.4. The van der Waals surface area contributed by atoms with Crippen LogP contribution in [0.2, 0.25) is 0 Å². The standard InChI is InChI=1S/C13H20N2O5/c1-20-9-11(6-7-16)14-8-13(17)10-2-4-12(5-3-10)15(18)19/h2-5,11,13-14,16-17H,6-9H2,1H3. The Morgan fingerprint density at radius 3 is 2.55 bits per heavy atom. The summed E-state index contributed by atoms with van der Waals surface area (Å²) in [5.41, 5.74) is 0.592. The van der Waals surface area contributed by atoms with Crippen LogP contribution < -0.4 is 5.32 Å². The van der Waals surface area contributed by atoms with Gasteiger partial charge in [0.1, 0.15) is 0 Å². The maximum atomic E-state index is 10.5. The molecule has 0 saturated carbocycles. The first-order valence-corrected chi connectivity index (χ1v) is 6.34. The molecule has 0 spiro atoms. The summed E-state index contributed by atoms with van der Waals surface area (Å²) < 4.78 is 5.01. The molecule has 0 fully saturated rings. The largest absolute Gasteiger partial charge is 0.396 e. The second-order valence-electron chi connectivity index (χ2n) is 4.44. The Balaban J connectivity index is 2.52. The van der Waals surface area contributed by atoms with Crippen molar-refractivity contribution in [3.05, 3.63) is 39.9 Å². The second-order valence-corrected chi connectivity index (χ2v) is 4.44. The fourth-order valence-corrected chi connectivity index (χ4v) is 1.82. The number of rotatable bonds is 9. The lowest BCUT2D eigenvalue weighted by atomic mass is 10.1. The van der Waals surface area contributed by atoms with Gasteiger partial charge in [-0.1, -0.05) is 0 Å². The lowest BCUT2D eigenvalue weighted by Gasteiger charge is -2.19. The summed E-state index contributed by atoms with van der Waals surface area (Å²) in [4.78, 5) is 10.1. The highest BCUT2D eigenvalue weighted by Gasteiger charge is 2.13. The summed E-state index contributed by atoms with van der Waals surface area (Å²) in [5.74, 6) is 0. The Morgan fingerprint density at radius 1 is 1.40 bits per heavy atom. The minimum absolute atomic E-state index is 0.00792. The smallest absolute Gasteiger partial charge is 0.269 e. The van der Waals surface area contributed by atoms with E-state index in [1.807, 2.05) is 0 Å². The van der Waals surface area contributed by atoms with E-state index < -0.39 is 11.0 Å². The molecule has 0 aromatic heterocycles. The van der Waals surface area contributed by atoms with Gasteiger partial charge < -0.3 is 20.3 Å². The first kappa shape index (κ1) is 16.5. The zero-order valence-electron chi connectivity index (χ0n) is 11.4. The minimum atomic E-state index is -0.770. The van der Waals surface area contributed by atoms with E-state index in [0.29, 0.717) is 18.6 Å². The lowest BCUT2D eigenvalue weighted by molar-refractivity contribution is -0.384. The molecule has 0 aliphatic rings. The van der Waals surface area contributed by atoms with Crippen molar-refractivity contribution in [3.8, 4) is 0 Å². The maximum Gasteiger partial charge on any atom is 0.269 e. The van der Waals surface area contributed by atoms with Crippen molar-refractivity contribution in [1.29, 1.82) is 0 Å². The van der Waals surface area contributed by atoms with Gasteiger partial charge in [-0.3, -0.25) is 10.1 Å². The molecule has 20 heavy (non-hydrogen) atoms. The predicted octanol–water partition coefficient (Wildman–Crippen LogP) is 0.615. The summed E-state index contributed by atoms with van der Waals surface area (Å²) in [6, 6.07) is 5.74. The summed E-state index contributed by atoms with van der Waals surface area (Å²) >= 11 is 0. The van der Waals surface area contributed by atoms with E-state index >= 15 is 0 Å². The van der Waals surface area contributed by atoms with Crippen molar-refractivity contribution in [2.75, 3.05) is 26.9 Å². The van der Waals surface area contributed by atoms with E-state index in [2.05, 4.69) is 5.32 Å². The van der Waals surface area contributed by atoms with E-state index in [9.17, 15) is 15.2 Å². The van der Waals surface area contributed by atoms with Crippen LogP contribution in [0, 0.1) is 10.1 Å². The quantitative estimate of drug-likeness (QED) is 0.453. The fourth-order valence-electron chi connectivity index (χ4n) is 1.82. The molecule has 3 N–H and O–H groups in total. The Kier molecular flexibility index (Phi) is 7.10. The number of aliphatic hydroxyl groups excluding tert-OH is 2. The molecule has 1 aromatic carbocycles. The first-order valence-electron chi connectivity index (χ1n) is 6.34. The summed E-state index contributed by atoms with van der Waals surface area (Å²) in [6.07, 6.45) is -0.241. The van der Waals surface area contributed by atoms with Gasteiger partial charge >= 0.3 is 0 Å². The monoisotopic (exact) mass is 284 g/mol. The van der Waals surface area contributed by atoms with Gasteiger partial charge in [-0.15, -0.1) is 0 Å². The lowest BCUT2D eigenvalue weighted by Crippen LogP contribution is -2.36. The number of non-ortho nitro benzene ring substituents is 1. The van der Waals surface area contributed by atoms with Gasteiger partial charge in [-0.25, -0.2) is 0 Å². The highest BCUT2D eigenvalue weighted by molar-refractivity contribution is 5.33. The van der Waals surface area contributed by atoms with Crippen LogP contribution in [-0.2, 0) is 4.74 Å². The topological polar surface area (TPSA) is 105 Å². The first-order chi connectivity index (χ1) is 9.58. The van der Waals surface area contributed by atoms with Gasteiger partial charge in [0.05, 0.1) is 17.6 Å². The van der Waals surface area contributed by atoms with Gasteiger partial charge in [0.2, 0.25) is 0 Å². The Hall–Kier alpha value is -1.54. The molecule has 0 saturated heterocycles. The van der Waals surface area contributed by atoms with Crippen LogP contribution >= 0.6 is 0 Å². The van der Waals surface area contributed by atoms with Gasteiger partial charge in [-0.05, 0) is 24.1 Å². The molecule has 1 rings (SSSR count). The third-order valence-electron chi connectivity index (χ3n) is 2.93. The molecule has 0 aliphatic carbocycles. The van der Waals surface area contributed by atoms with Gasteiger partial charge in [0.15, 0.2) is 0 Å². The summed E-state index contributed by atoms with van der Waals surface area (Å²) in [7, 11) is 1.57. The van der Waals surface area contributed by atoms with Crippen LogP contribution in [0.5, 0.6) is 0 Å². The zero-order chi connectivity index (χ0) is 15.0. The Morgan fingerprint density at radius 2 is 2.05 bits per heavy atom. The molecule has 7 nitrogen and oxygen atoms in total. The van der Waals surface area contributed by atoms with Crippen molar-refractivity contribution in [1.82, 2.24) is 5.32 Å². The number of aliphatic hydroxyl groups is 2. The third-order valence-corrected chi connectivity index (χ3v) is 2.93. The Labute approximate surface area is 117 Å². The van der Waals surface area contributed by atoms with Gasteiger partial charge in [0, 0.05) is 38.4 Å². The van der Waals surface area contributed by atoms with E-state index in [1.54, 1.807) is 7.11 Å². The van der Waals surface area contributed by atoms with Crippen LogP contribution in [0.25, 0.3) is 0 Å². The highest BCUT2D eigenvalue weighted by Crippen LogP contribution is 2.17. The van der Waals surface area contributed by atoms with E-state index in [4.69, 9.17) is 9.84 Å². The van der Waals surface area contributed by atoms with E-state index in [1.165, 1.54) is 24.3 Å². The predicted molar refractivity (Wildman–Crippen MR) is 73.4 cm³/mol. The molecule has 2 atom stereocenters. The number of nitrogens with one attached hydrogen (secondary N) is 1. The highest BCUT2D eigenvalue weighted by atomic mass is 16.6. The van der Waals surface area contributed by atoms with Crippen molar-refractivity contribution >= 4 is 5.69 Å². The molecule has 0 amide bonds. The molecule has 0 aliphatic heterocycles. The van der Waals surface area contributed by atoms with Crippen LogP contribution in [0.15, 0.2) is 24.3 Å². The van der Waals surface area contributed by atoms with Crippen LogP contribution in [-0.4, -0.2) is 48.0 Å². The number of hydrogen-bond donors (Lipinski definition) is 3. The Bertz CT molecular complexity index is 404. The van der Waals surface area contributed by atoms with E-state index in [-0.39, 0.29) is 24.9 Å². The molecule has 2 unspecified atom stereocenters. The molecule has 112 valence electrons. The number of methoxy groups -OCH3 is 1. The molecule has 0 bridgehead atoms. The number of ether oxygens (including phenoxy) is 1. The summed E-state index contributed by atoms with van der Waals surface area (Å²) in [6.45, 7) is 0.758. The van der Waals surface area contributed by atoms with Crippen molar-refractivity contribution in [2.45, 2.75) is 18.6 Å². The van der Waals surface area contributed by atoms with Gasteiger partial charge in [0.25, 0.3) is 5.69 Å². The number of nitrogens with zero attached hydrogens (tertiary/aromatic N) is 1. The fraction of sp³-hybridized carbons (Fsp3) is 0.538. The van der Waals surface area contributed by atoms with Crippen molar-refractivity contribution in [2.24, 2.45) is 0 Å². The number of nitro benzene ring substituents is 1. The second kappa shape index (κ2) is 8.60. The molecule has 1 aromatic rings. The van der Waals surface area contributed by atoms with Gasteiger partial charge in [-0.2, -0.15) is 0 Å². The average molecular weight is 284 g/mol. The normalized spacial score (nSPS) is 13.9. The molecule has 7 heteroatoms. The molecular weight excluding hydrogens is 264 g/mol. The van der Waals surface area contributed by atoms with Crippen LogP contribution in [0.1, 0.15) is 18.1 Å². The van der Waals surface area contributed by atoms with Crippen molar-refractivity contribution in [3.63, 3.8) is 0 Å². The third kappa shape index (κ3) is 5.22. The summed E-state index contributed by atoms with van der Waals surface area (Å²) in [5, 5.41) is 32.5. The average Bonchev–Trinajstić information content (AvgIpc) is 2.45. The molecular formula is C13H20N2O5. The van der Waals surface area contributed by atoms with Crippen LogP contribution in [0.4, 0.5) is 5.69 Å². The van der Waals surface area contributed by atoms with E-state index in [0.717, 1.165) is 0 Å². The number of hydrogen-bond acceptors (Lipinski definition) is 6.